The van der Waals surface area contributed by atoms with Crippen molar-refractivity contribution >= 4 is 29.8 Å². The fourth-order valence-corrected chi connectivity index (χ4v) is 5.24. The molecule has 0 amide bonds. The molecule has 1 heterocycles. The Morgan fingerprint density at radius 2 is 1.59 bits per heavy atom. The standard InChI is InChI=1S/C35H34N2O2/c1-6-30-33(35(38-5)27-19-22-32(36-3)31(23-27)25-13-9-7-10-14-25)24(2)39-34(30)26-17-20-29(21-18-26)37(4)28-15-11-8-12-16-28/h6-23,31-32,36H,1-2H2,3-5H3/b35-33-. The van der Waals surface area contributed by atoms with E-state index < -0.39 is 0 Å². The second-order valence-corrected chi connectivity index (χ2v) is 9.55. The summed E-state index contributed by atoms with van der Waals surface area (Å²) < 4.78 is 12.3. The van der Waals surface area contributed by atoms with Crippen LogP contribution in [-0.4, -0.2) is 27.2 Å². The molecule has 0 fully saturated rings. The minimum Gasteiger partial charge on any atom is -0.495 e. The molecule has 4 nitrogen and oxygen atoms in total. The number of rotatable bonds is 8. The second-order valence-electron chi connectivity index (χ2n) is 9.55. The molecule has 2 unspecified atom stereocenters. The third kappa shape index (κ3) is 5.12. The molecule has 3 aromatic carbocycles. The van der Waals surface area contributed by atoms with Crippen LogP contribution >= 0.6 is 0 Å². The van der Waals surface area contributed by atoms with Crippen LogP contribution in [0.4, 0.5) is 11.4 Å². The van der Waals surface area contributed by atoms with E-state index in [4.69, 9.17) is 9.15 Å². The van der Waals surface area contributed by atoms with Crippen LogP contribution in [0.3, 0.4) is 0 Å². The van der Waals surface area contributed by atoms with E-state index in [0.29, 0.717) is 5.42 Å². The summed E-state index contributed by atoms with van der Waals surface area (Å²) in [6.45, 7) is 8.36. The second kappa shape index (κ2) is 11.5. The molecule has 39 heavy (non-hydrogen) atoms. The van der Waals surface area contributed by atoms with Gasteiger partial charge in [-0.1, -0.05) is 86.0 Å². The molecule has 0 aliphatic heterocycles. The number of hydrogen-bond donors (Lipinski definition) is 1. The van der Waals surface area contributed by atoms with Crippen LogP contribution < -0.4 is 20.9 Å². The van der Waals surface area contributed by atoms with Gasteiger partial charge in [0.25, 0.3) is 0 Å². The van der Waals surface area contributed by atoms with Crippen molar-refractivity contribution in [3.8, 4) is 11.3 Å². The predicted molar refractivity (Wildman–Crippen MR) is 163 cm³/mol. The molecule has 2 atom stereocenters. The molecule has 4 aromatic rings. The fourth-order valence-electron chi connectivity index (χ4n) is 5.24. The number of para-hydroxylation sites is 1. The quantitative estimate of drug-likeness (QED) is 0.296. The highest BCUT2D eigenvalue weighted by Gasteiger charge is 2.24. The number of hydrogen-bond acceptors (Lipinski definition) is 4. The van der Waals surface area contributed by atoms with E-state index in [2.05, 4.69) is 109 Å². The van der Waals surface area contributed by atoms with E-state index in [0.717, 1.165) is 44.8 Å². The Morgan fingerprint density at radius 1 is 0.949 bits per heavy atom. The molecule has 0 spiro atoms. The summed E-state index contributed by atoms with van der Waals surface area (Å²) in [6, 6.07) is 29.3. The largest absolute Gasteiger partial charge is 0.495 e. The molecule has 0 saturated heterocycles. The first-order valence-electron chi connectivity index (χ1n) is 13.1. The summed E-state index contributed by atoms with van der Waals surface area (Å²) in [6.07, 6.45) is 8.37. The Balaban J connectivity index is 1.57. The van der Waals surface area contributed by atoms with Crippen molar-refractivity contribution in [1.82, 2.24) is 5.32 Å². The summed E-state index contributed by atoms with van der Waals surface area (Å²) in [5.41, 5.74) is 6.79. The number of methoxy groups -OCH3 is 1. The average Bonchev–Trinajstić information content (AvgIpc) is 3.33. The zero-order chi connectivity index (χ0) is 27.4. The molecule has 0 bridgehead atoms. The van der Waals surface area contributed by atoms with E-state index in [-0.39, 0.29) is 12.0 Å². The maximum atomic E-state index is 6.27. The van der Waals surface area contributed by atoms with Crippen molar-refractivity contribution in [2.45, 2.75) is 12.0 Å². The number of anilines is 2. The van der Waals surface area contributed by atoms with Crippen molar-refractivity contribution in [1.29, 1.82) is 0 Å². The van der Waals surface area contributed by atoms with Gasteiger partial charge in [-0.05, 0) is 49.0 Å². The highest BCUT2D eigenvalue weighted by atomic mass is 16.5. The van der Waals surface area contributed by atoms with Crippen LogP contribution in [0.2, 0.25) is 0 Å². The van der Waals surface area contributed by atoms with Crippen LogP contribution in [0.5, 0.6) is 0 Å². The Kier molecular flexibility index (Phi) is 7.67. The first-order valence-corrected chi connectivity index (χ1v) is 13.1. The third-order valence-electron chi connectivity index (χ3n) is 7.32. The zero-order valence-electron chi connectivity index (χ0n) is 22.7. The number of nitrogens with zero attached hydrogens (tertiary/aromatic N) is 1. The predicted octanol–water partition coefficient (Wildman–Crippen LogP) is 6.39. The maximum Gasteiger partial charge on any atom is 0.142 e. The summed E-state index contributed by atoms with van der Waals surface area (Å²) in [7, 11) is 5.74. The highest BCUT2D eigenvalue weighted by Crippen LogP contribution is 2.32. The van der Waals surface area contributed by atoms with Crippen LogP contribution in [0, 0.1) is 0 Å². The first kappa shape index (κ1) is 26.1. The Bertz CT molecular complexity index is 1610. The Hall–Kier alpha value is -4.54. The molecule has 1 N–H and O–H groups in total. The van der Waals surface area contributed by atoms with Gasteiger partial charge in [0.15, 0.2) is 0 Å². The lowest BCUT2D eigenvalue weighted by atomic mass is 9.85. The van der Waals surface area contributed by atoms with Crippen molar-refractivity contribution < 1.29 is 9.15 Å². The normalized spacial score (nSPS) is 17.4. The van der Waals surface area contributed by atoms with E-state index in [1.54, 1.807) is 7.11 Å². The van der Waals surface area contributed by atoms with E-state index in [9.17, 15) is 0 Å². The van der Waals surface area contributed by atoms with E-state index in [1.807, 2.05) is 37.4 Å². The molecule has 1 aromatic heterocycles. The van der Waals surface area contributed by atoms with Crippen LogP contribution in [0.1, 0.15) is 17.0 Å². The summed E-state index contributed by atoms with van der Waals surface area (Å²) in [4.78, 5) is 2.15. The molecule has 0 saturated carbocycles. The minimum absolute atomic E-state index is 0.155. The van der Waals surface area contributed by atoms with Crippen molar-refractivity contribution in [2.24, 2.45) is 0 Å². The monoisotopic (exact) mass is 514 g/mol. The van der Waals surface area contributed by atoms with Gasteiger partial charge in [0, 0.05) is 47.1 Å². The molecule has 5 rings (SSSR count). The van der Waals surface area contributed by atoms with Crippen LogP contribution in [-0.2, 0) is 4.74 Å². The number of benzene rings is 3. The van der Waals surface area contributed by atoms with Crippen LogP contribution in [0.25, 0.3) is 29.7 Å². The van der Waals surface area contributed by atoms with Gasteiger partial charge in [-0.3, -0.25) is 0 Å². The summed E-state index contributed by atoms with van der Waals surface area (Å²) in [5, 5.41) is 4.24. The van der Waals surface area contributed by atoms with Gasteiger partial charge < -0.3 is 19.4 Å². The lowest BCUT2D eigenvalue weighted by molar-refractivity contribution is 0.365. The summed E-state index contributed by atoms with van der Waals surface area (Å²) >= 11 is 0. The molecule has 1 aliphatic rings. The smallest absolute Gasteiger partial charge is 0.142 e. The highest BCUT2D eigenvalue weighted by molar-refractivity contribution is 5.77. The van der Waals surface area contributed by atoms with Gasteiger partial charge in [0.2, 0.25) is 0 Å². The fraction of sp³-hybridized carbons (Fsp3) is 0.143. The molecule has 196 valence electrons. The average molecular weight is 515 g/mol. The van der Waals surface area contributed by atoms with Gasteiger partial charge in [0.05, 0.1) is 12.3 Å². The number of ether oxygens (including phenoxy) is 1. The lowest BCUT2D eigenvalue weighted by Gasteiger charge is -2.26. The molecule has 1 aliphatic carbocycles. The first-order chi connectivity index (χ1) is 19.0. The van der Waals surface area contributed by atoms with Gasteiger partial charge in [-0.15, -0.1) is 0 Å². The van der Waals surface area contributed by atoms with Crippen molar-refractivity contribution in [3.05, 3.63) is 137 Å². The summed E-state index contributed by atoms with van der Waals surface area (Å²) in [5.74, 6) is 1.60. The minimum atomic E-state index is 0.155. The van der Waals surface area contributed by atoms with E-state index >= 15 is 0 Å². The van der Waals surface area contributed by atoms with Crippen molar-refractivity contribution in [2.75, 3.05) is 26.1 Å². The lowest BCUT2D eigenvalue weighted by Crippen LogP contribution is -2.32. The SMILES string of the molecule is C=Cc1c(-c2ccc(N(C)c3ccccc3)cc2)oc(=C)/c1=C(/OC)C1=CC(c2ccccc2)C(NC)C=C1. The van der Waals surface area contributed by atoms with Gasteiger partial charge in [0.1, 0.15) is 16.9 Å². The number of furan rings is 1. The Labute approximate surface area is 230 Å². The Morgan fingerprint density at radius 3 is 2.21 bits per heavy atom. The third-order valence-corrected chi connectivity index (χ3v) is 7.32. The maximum absolute atomic E-state index is 6.27. The van der Waals surface area contributed by atoms with E-state index in [1.165, 1.54) is 5.56 Å². The molecule has 4 heteroatoms. The van der Waals surface area contributed by atoms with Crippen molar-refractivity contribution in [3.63, 3.8) is 0 Å². The number of likely N-dealkylation sites (N-methyl/N-ethyl adjacent to an activating group) is 1. The molecule has 0 radical (unpaired) electrons. The zero-order valence-corrected chi connectivity index (χ0v) is 22.7. The molecular formula is C35H34N2O2. The number of nitrogens with one attached hydrogen (secondary N) is 1. The van der Waals surface area contributed by atoms with Crippen LogP contribution in [0.15, 0.2) is 120 Å². The van der Waals surface area contributed by atoms with Gasteiger partial charge in [-0.2, -0.15) is 0 Å². The van der Waals surface area contributed by atoms with Gasteiger partial charge >= 0.3 is 0 Å². The van der Waals surface area contributed by atoms with Gasteiger partial charge in [-0.25, -0.2) is 0 Å². The molecular weight excluding hydrogens is 480 g/mol. The topological polar surface area (TPSA) is 37.6 Å².